The molecule has 2 fully saturated rings. The van der Waals surface area contributed by atoms with Crippen LogP contribution in [0, 0.1) is 0 Å². The largest absolute Gasteiger partial charge is 0.384 e. The van der Waals surface area contributed by atoms with Crippen LogP contribution in [0.4, 0.5) is 0 Å². The zero-order chi connectivity index (χ0) is 16.8. The molecule has 0 saturated carbocycles. The minimum atomic E-state index is -1.03. The van der Waals surface area contributed by atoms with E-state index in [-0.39, 0.29) is 23.9 Å². The monoisotopic (exact) mass is 339 g/mol. The molecular weight excluding hydrogens is 318 g/mol. The second-order valence-electron chi connectivity index (χ2n) is 6.54. The molecular formula is C14H21N5O3S. The highest BCUT2D eigenvalue weighted by Crippen LogP contribution is 2.28. The molecule has 3 rings (SSSR count). The summed E-state index contributed by atoms with van der Waals surface area (Å²) in [5.74, 6) is 1.19. The number of thioether (sulfide) groups is 1. The van der Waals surface area contributed by atoms with Gasteiger partial charge in [-0.05, 0) is 13.8 Å². The van der Waals surface area contributed by atoms with Crippen molar-refractivity contribution in [1.82, 2.24) is 24.8 Å². The normalized spacial score (nSPS) is 22.3. The van der Waals surface area contributed by atoms with Crippen molar-refractivity contribution in [2.75, 3.05) is 24.7 Å². The number of amides is 2. The molecule has 0 bridgehead atoms. The average molecular weight is 339 g/mol. The van der Waals surface area contributed by atoms with Gasteiger partial charge in [-0.2, -0.15) is 0 Å². The molecule has 1 unspecified atom stereocenters. The Hall–Kier alpha value is -1.61. The molecule has 0 spiro atoms. The van der Waals surface area contributed by atoms with Crippen molar-refractivity contribution in [3.8, 4) is 0 Å². The summed E-state index contributed by atoms with van der Waals surface area (Å²) in [4.78, 5) is 27.5. The minimum Gasteiger partial charge on any atom is -0.384 e. The van der Waals surface area contributed by atoms with Crippen LogP contribution in [0.2, 0.25) is 0 Å². The quantitative estimate of drug-likeness (QED) is 0.821. The Morgan fingerprint density at radius 2 is 2.09 bits per heavy atom. The van der Waals surface area contributed by atoms with E-state index in [0.29, 0.717) is 30.4 Å². The van der Waals surface area contributed by atoms with E-state index in [0.717, 1.165) is 0 Å². The highest BCUT2D eigenvalue weighted by Gasteiger charge is 2.41. The Labute approximate surface area is 138 Å². The Morgan fingerprint density at radius 1 is 1.39 bits per heavy atom. The van der Waals surface area contributed by atoms with Crippen LogP contribution in [0.3, 0.4) is 0 Å². The van der Waals surface area contributed by atoms with Crippen molar-refractivity contribution in [1.29, 1.82) is 0 Å². The standard InChI is InChI=1S/C14H21N5O3S/c1-9(20)18-8-23-7-11(18)13(21)17-4-10(5-17)19-6-12(15-16-19)14(2,3)22/h6,10-11,22H,4-5,7-8H2,1-3H3. The number of likely N-dealkylation sites (tertiary alicyclic amines) is 1. The summed E-state index contributed by atoms with van der Waals surface area (Å²) in [6.07, 6.45) is 1.72. The molecule has 0 aromatic carbocycles. The number of hydrogen-bond donors (Lipinski definition) is 1. The minimum absolute atomic E-state index is 0.00396. The second kappa shape index (κ2) is 5.79. The van der Waals surface area contributed by atoms with Crippen molar-refractivity contribution < 1.29 is 14.7 Å². The highest BCUT2D eigenvalue weighted by atomic mass is 32.2. The zero-order valence-electron chi connectivity index (χ0n) is 13.5. The first-order chi connectivity index (χ1) is 10.8. The number of hydrogen-bond acceptors (Lipinski definition) is 6. The van der Waals surface area contributed by atoms with Crippen LogP contribution in [-0.4, -0.2) is 72.5 Å². The van der Waals surface area contributed by atoms with Gasteiger partial charge in [0.05, 0.1) is 18.1 Å². The van der Waals surface area contributed by atoms with Gasteiger partial charge >= 0.3 is 0 Å². The molecule has 1 atom stereocenters. The molecule has 8 nitrogen and oxygen atoms in total. The van der Waals surface area contributed by atoms with Crippen LogP contribution < -0.4 is 0 Å². The molecule has 0 aliphatic carbocycles. The zero-order valence-corrected chi connectivity index (χ0v) is 14.3. The Morgan fingerprint density at radius 3 is 2.65 bits per heavy atom. The Balaban J connectivity index is 1.59. The summed E-state index contributed by atoms with van der Waals surface area (Å²) in [6, 6.07) is -0.275. The van der Waals surface area contributed by atoms with Gasteiger partial charge in [0, 0.05) is 25.8 Å². The maximum absolute atomic E-state index is 12.5. The van der Waals surface area contributed by atoms with E-state index >= 15 is 0 Å². The molecule has 1 aromatic heterocycles. The third-order valence-corrected chi connectivity index (χ3v) is 5.27. The molecule has 126 valence electrons. The first-order valence-corrected chi connectivity index (χ1v) is 8.71. The molecule has 2 aliphatic heterocycles. The van der Waals surface area contributed by atoms with E-state index in [1.165, 1.54) is 6.92 Å². The SMILES string of the molecule is CC(=O)N1CSCC1C(=O)N1CC(n2cc(C(C)(C)O)nn2)C1. The molecule has 2 saturated heterocycles. The summed E-state index contributed by atoms with van der Waals surface area (Å²) in [5, 5.41) is 17.9. The van der Waals surface area contributed by atoms with Crippen molar-refractivity contribution in [2.45, 2.75) is 38.5 Å². The number of aliphatic hydroxyl groups is 1. The van der Waals surface area contributed by atoms with Gasteiger partial charge in [-0.3, -0.25) is 9.59 Å². The predicted molar refractivity (Wildman–Crippen MR) is 84.5 cm³/mol. The van der Waals surface area contributed by atoms with E-state index in [1.54, 1.807) is 46.3 Å². The van der Waals surface area contributed by atoms with Crippen LogP contribution in [0.15, 0.2) is 6.20 Å². The number of carbonyl (C=O) groups is 2. The summed E-state index contributed by atoms with van der Waals surface area (Å²) in [5.41, 5.74) is -0.516. The lowest BCUT2D eigenvalue weighted by molar-refractivity contribution is -0.146. The fraction of sp³-hybridized carbons (Fsp3) is 0.714. The fourth-order valence-corrected chi connectivity index (χ4v) is 3.92. The molecule has 0 radical (unpaired) electrons. The molecule has 1 aromatic rings. The number of rotatable bonds is 3. The van der Waals surface area contributed by atoms with Crippen LogP contribution in [0.25, 0.3) is 0 Å². The van der Waals surface area contributed by atoms with Gasteiger partial charge < -0.3 is 14.9 Å². The molecule has 2 amide bonds. The van der Waals surface area contributed by atoms with E-state index in [9.17, 15) is 14.7 Å². The summed E-state index contributed by atoms with van der Waals surface area (Å²) in [7, 11) is 0. The number of nitrogens with zero attached hydrogens (tertiary/aromatic N) is 5. The van der Waals surface area contributed by atoms with Crippen molar-refractivity contribution in [3.05, 3.63) is 11.9 Å². The summed E-state index contributed by atoms with van der Waals surface area (Å²) < 4.78 is 1.70. The third-order valence-electron chi connectivity index (χ3n) is 4.26. The first-order valence-electron chi connectivity index (χ1n) is 7.56. The predicted octanol–water partition coefficient (Wildman–Crippen LogP) is -0.190. The summed E-state index contributed by atoms with van der Waals surface area (Å²) >= 11 is 1.60. The van der Waals surface area contributed by atoms with Gasteiger partial charge in [0.2, 0.25) is 11.8 Å². The second-order valence-corrected chi connectivity index (χ2v) is 7.54. The van der Waals surface area contributed by atoms with Gasteiger partial charge in [-0.1, -0.05) is 5.21 Å². The topological polar surface area (TPSA) is 91.6 Å². The van der Waals surface area contributed by atoms with Crippen LogP contribution in [-0.2, 0) is 15.2 Å². The first kappa shape index (κ1) is 16.3. The summed E-state index contributed by atoms with van der Waals surface area (Å²) in [6.45, 7) is 5.93. The van der Waals surface area contributed by atoms with E-state index in [2.05, 4.69) is 10.3 Å². The van der Waals surface area contributed by atoms with Crippen LogP contribution in [0.1, 0.15) is 32.5 Å². The van der Waals surface area contributed by atoms with E-state index in [4.69, 9.17) is 0 Å². The van der Waals surface area contributed by atoms with Crippen molar-refractivity contribution in [2.24, 2.45) is 0 Å². The Kier molecular flexibility index (Phi) is 4.09. The van der Waals surface area contributed by atoms with Gasteiger partial charge in [-0.15, -0.1) is 16.9 Å². The maximum Gasteiger partial charge on any atom is 0.246 e. The highest BCUT2D eigenvalue weighted by molar-refractivity contribution is 7.99. The fourth-order valence-electron chi connectivity index (χ4n) is 2.71. The average Bonchev–Trinajstić information content (AvgIpc) is 3.05. The van der Waals surface area contributed by atoms with Gasteiger partial charge in [0.15, 0.2) is 0 Å². The third kappa shape index (κ3) is 3.07. The lowest BCUT2D eigenvalue weighted by Gasteiger charge is -2.41. The van der Waals surface area contributed by atoms with E-state index in [1.807, 2.05) is 0 Å². The molecule has 1 N–H and O–H groups in total. The number of carbonyl (C=O) groups excluding carboxylic acids is 2. The van der Waals surface area contributed by atoms with Crippen molar-refractivity contribution in [3.63, 3.8) is 0 Å². The molecule has 23 heavy (non-hydrogen) atoms. The van der Waals surface area contributed by atoms with Crippen LogP contribution >= 0.6 is 11.8 Å². The van der Waals surface area contributed by atoms with Gasteiger partial charge in [-0.25, -0.2) is 4.68 Å². The molecule has 2 aliphatic rings. The van der Waals surface area contributed by atoms with Crippen LogP contribution in [0.5, 0.6) is 0 Å². The van der Waals surface area contributed by atoms with Gasteiger partial charge in [0.1, 0.15) is 17.3 Å². The van der Waals surface area contributed by atoms with Crippen molar-refractivity contribution >= 4 is 23.6 Å². The number of aromatic nitrogens is 3. The molecule has 3 heterocycles. The smallest absolute Gasteiger partial charge is 0.246 e. The maximum atomic E-state index is 12.5. The lowest BCUT2D eigenvalue weighted by Crippen LogP contribution is -2.57. The Bertz CT molecular complexity index is 620. The lowest BCUT2D eigenvalue weighted by atomic mass is 10.1. The van der Waals surface area contributed by atoms with E-state index < -0.39 is 5.60 Å². The van der Waals surface area contributed by atoms with Gasteiger partial charge in [0.25, 0.3) is 0 Å². The molecule has 9 heteroatoms.